The number of nitrogens with zero attached hydrogens (tertiary/aromatic N) is 1. The molecule has 3 nitrogen and oxygen atoms in total. The Bertz CT molecular complexity index is 935. The highest BCUT2D eigenvalue weighted by Gasteiger charge is 2.10. The van der Waals surface area contributed by atoms with Crippen LogP contribution in [0.4, 0.5) is 0 Å². The van der Waals surface area contributed by atoms with Crippen molar-refractivity contribution in [2.45, 2.75) is 18.9 Å². The smallest absolute Gasteiger partial charge is 0.135 e. The average molecular weight is 340 g/mol. The first-order valence-electron chi connectivity index (χ1n) is 8.91. The van der Waals surface area contributed by atoms with Crippen LogP contribution in [0.1, 0.15) is 18.4 Å². The van der Waals surface area contributed by atoms with Gasteiger partial charge in [0.2, 0.25) is 0 Å². The maximum absolute atomic E-state index is 6.07. The van der Waals surface area contributed by atoms with Gasteiger partial charge in [-0.1, -0.05) is 48.2 Å². The molecule has 1 saturated heterocycles. The normalized spacial score (nSPS) is 15.9. The van der Waals surface area contributed by atoms with Crippen molar-refractivity contribution < 1.29 is 4.74 Å². The standard InChI is InChI=1S/C23H20N2O/c1-2-8-21(9-3-1)26-23-11-5-4-10-22(23)19-15-18(16-24-17-19)12-13-20-7-6-14-25-20/h1-5,8-11,15-17,20,25H,6-7,14H2. The van der Waals surface area contributed by atoms with E-state index in [2.05, 4.69) is 28.2 Å². The number of hydrogen-bond acceptors (Lipinski definition) is 3. The Balaban J connectivity index is 1.62. The van der Waals surface area contributed by atoms with Crippen LogP contribution in [0.3, 0.4) is 0 Å². The summed E-state index contributed by atoms with van der Waals surface area (Å²) in [6, 6.07) is 20.2. The molecule has 2 heterocycles. The highest BCUT2D eigenvalue weighted by molar-refractivity contribution is 5.71. The second-order valence-corrected chi connectivity index (χ2v) is 6.29. The van der Waals surface area contributed by atoms with Crippen LogP contribution in [0.15, 0.2) is 73.1 Å². The minimum Gasteiger partial charge on any atom is -0.457 e. The summed E-state index contributed by atoms with van der Waals surface area (Å²) in [6.45, 7) is 1.06. The molecule has 1 fully saturated rings. The van der Waals surface area contributed by atoms with Gasteiger partial charge in [-0.2, -0.15) is 0 Å². The van der Waals surface area contributed by atoms with E-state index >= 15 is 0 Å². The Morgan fingerprint density at radius 2 is 1.85 bits per heavy atom. The summed E-state index contributed by atoms with van der Waals surface area (Å²) in [5.74, 6) is 8.17. The molecule has 0 amide bonds. The summed E-state index contributed by atoms with van der Waals surface area (Å²) >= 11 is 0. The van der Waals surface area contributed by atoms with E-state index in [0.717, 1.165) is 41.2 Å². The van der Waals surface area contributed by atoms with E-state index in [1.54, 1.807) is 0 Å². The summed E-state index contributed by atoms with van der Waals surface area (Å²) in [5, 5.41) is 3.40. The second-order valence-electron chi connectivity index (χ2n) is 6.29. The van der Waals surface area contributed by atoms with Gasteiger partial charge in [0.15, 0.2) is 0 Å². The summed E-state index contributed by atoms with van der Waals surface area (Å²) in [4.78, 5) is 4.38. The van der Waals surface area contributed by atoms with Gasteiger partial charge in [-0.15, -0.1) is 0 Å². The number of pyridine rings is 1. The average Bonchev–Trinajstić information content (AvgIpc) is 3.22. The molecular formula is C23H20N2O. The van der Waals surface area contributed by atoms with Gasteiger partial charge < -0.3 is 10.1 Å². The van der Waals surface area contributed by atoms with Gasteiger partial charge >= 0.3 is 0 Å². The molecule has 3 heteroatoms. The predicted molar refractivity (Wildman–Crippen MR) is 104 cm³/mol. The molecule has 1 N–H and O–H groups in total. The van der Waals surface area contributed by atoms with Crippen LogP contribution in [0.25, 0.3) is 11.1 Å². The molecule has 3 aromatic rings. The van der Waals surface area contributed by atoms with Crippen LogP contribution in [0.2, 0.25) is 0 Å². The number of rotatable bonds is 3. The highest BCUT2D eigenvalue weighted by atomic mass is 16.5. The van der Waals surface area contributed by atoms with E-state index in [9.17, 15) is 0 Å². The molecule has 2 aromatic carbocycles. The van der Waals surface area contributed by atoms with Crippen molar-refractivity contribution in [2.75, 3.05) is 6.54 Å². The molecule has 0 radical (unpaired) electrons. The van der Waals surface area contributed by atoms with Gasteiger partial charge in [0.1, 0.15) is 11.5 Å². The van der Waals surface area contributed by atoms with Crippen LogP contribution in [-0.2, 0) is 0 Å². The Morgan fingerprint density at radius 3 is 2.69 bits per heavy atom. The number of para-hydroxylation sites is 2. The van der Waals surface area contributed by atoms with Crippen LogP contribution >= 0.6 is 0 Å². The third kappa shape index (κ3) is 3.93. The van der Waals surface area contributed by atoms with Gasteiger partial charge in [0.25, 0.3) is 0 Å². The molecule has 0 bridgehead atoms. The van der Waals surface area contributed by atoms with Crippen molar-refractivity contribution in [1.29, 1.82) is 0 Å². The van der Waals surface area contributed by atoms with Crippen molar-refractivity contribution in [3.63, 3.8) is 0 Å². The lowest BCUT2D eigenvalue weighted by Crippen LogP contribution is -2.18. The molecule has 1 unspecified atom stereocenters. The molecule has 1 aliphatic rings. The monoisotopic (exact) mass is 340 g/mol. The molecule has 0 aliphatic carbocycles. The molecule has 1 aliphatic heterocycles. The van der Waals surface area contributed by atoms with Gasteiger partial charge in [0.05, 0.1) is 6.04 Å². The van der Waals surface area contributed by atoms with Crippen molar-refractivity contribution in [3.8, 4) is 34.5 Å². The highest BCUT2D eigenvalue weighted by Crippen LogP contribution is 2.33. The Hall–Kier alpha value is -3.09. The van der Waals surface area contributed by atoms with E-state index in [4.69, 9.17) is 4.74 Å². The van der Waals surface area contributed by atoms with Crippen LogP contribution in [-0.4, -0.2) is 17.6 Å². The third-order valence-corrected chi connectivity index (χ3v) is 4.36. The fourth-order valence-electron chi connectivity index (χ4n) is 3.04. The maximum Gasteiger partial charge on any atom is 0.135 e. The van der Waals surface area contributed by atoms with Crippen LogP contribution in [0, 0.1) is 11.8 Å². The van der Waals surface area contributed by atoms with E-state index in [-0.39, 0.29) is 0 Å². The fraction of sp³-hybridized carbons (Fsp3) is 0.174. The zero-order valence-electron chi connectivity index (χ0n) is 14.5. The number of hydrogen-bond donors (Lipinski definition) is 1. The third-order valence-electron chi connectivity index (χ3n) is 4.36. The molecule has 0 saturated carbocycles. The topological polar surface area (TPSA) is 34.2 Å². The van der Waals surface area contributed by atoms with E-state index in [1.165, 1.54) is 6.42 Å². The Morgan fingerprint density at radius 1 is 1.00 bits per heavy atom. The van der Waals surface area contributed by atoms with E-state index in [1.807, 2.05) is 67.0 Å². The van der Waals surface area contributed by atoms with Gasteiger partial charge in [-0.05, 0) is 43.7 Å². The largest absolute Gasteiger partial charge is 0.457 e. The molecule has 26 heavy (non-hydrogen) atoms. The molecule has 0 spiro atoms. The molecular weight excluding hydrogens is 320 g/mol. The SMILES string of the molecule is C(#CC1CCCN1)c1cncc(-c2ccccc2Oc2ccccc2)c1. The molecule has 1 atom stereocenters. The molecule has 128 valence electrons. The van der Waals surface area contributed by atoms with Crippen molar-refractivity contribution in [1.82, 2.24) is 10.3 Å². The zero-order valence-corrected chi connectivity index (χ0v) is 14.5. The summed E-state index contributed by atoms with van der Waals surface area (Å²) < 4.78 is 6.07. The van der Waals surface area contributed by atoms with E-state index in [0.29, 0.717) is 6.04 Å². The van der Waals surface area contributed by atoms with Crippen molar-refractivity contribution in [2.24, 2.45) is 0 Å². The van der Waals surface area contributed by atoms with E-state index < -0.39 is 0 Å². The first-order valence-corrected chi connectivity index (χ1v) is 8.91. The lowest BCUT2D eigenvalue weighted by atomic mass is 10.0. The maximum atomic E-state index is 6.07. The summed E-state index contributed by atoms with van der Waals surface area (Å²) in [7, 11) is 0. The number of aromatic nitrogens is 1. The summed E-state index contributed by atoms with van der Waals surface area (Å²) in [6.07, 6.45) is 5.98. The Kier molecular flexibility index (Phi) is 4.95. The first-order chi connectivity index (χ1) is 12.9. The predicted octanol–water partition coefficient (Wildman–Crippen LogP) is 4.64. The quantitative estimate of drug-likeness (QED) is 0.705. The number of ether oxygens (including phenoxy) is 1. The lowest BCUT2D eigenvalue weighted by Gasteiger charge is -2.11. The summed E-state index contributed by atoms with van der Waals surface area (Å²) in [5.41, 5.74) is 2.93. The van der Waals surface area contributed by atoms with Crippen molar-refractivity contribution in [3.05, 3.63) is 78.6 Å². The molecule has 1 aromatic heterocycles. The second kappa shape index (κ2) is 7.86. The Labute approximate surface area is 154 Å². The van der Waals surface area contributed by atoms with Crippen LogP contribution in [0.5, 0.6) is 11.5 Å². The van der Waals surface area contributed by atoms with Gasteiger partial charge in [-0.25, -0.2) is 0 Å². The fourth-order valence-corrected chi connectivity index (χ4v) is 3.04. The van der Waals surface area contributed by atoms with Gasteiger partial charge in [-0.3, -0.25) is 4.98 Å². The first kappa shape index (κ1) is 16.4. The van der Waals surface area contributed by atoms with Gasteiger partial charge in [0, 0.05) is 29.1 Å². The van der Waals surface area contributed by atoms with Crippen molar-refractivity contribution >= 4 is 0 Å². The van der Waals surface area contributed by atoms with Crippen LogP contribution < -0.4 is 10.1 Å². The molecule has 4 rings (SSSR count). The minimum atomic E-state index is 0.298. The number of nitrogens with one attached hydrogen (secondary N) is 1. The minimum absolute atomic E-state index is 0.298. The lowest BCUT2D eigenvalue weighted by molar-refractivity contribution is 0.484. The number of benzene rings is 2. The zero-order chi connectivity index (χ0) is 17.6.